The van der Waals surface area contributed by atoms with Gasteiger partial charge < -0.3 is 14.2 Å². The minimum atomic E-state index is -0.478. The number of carbonyl (C=O) groups is 2. The predicted molar refractivity (Wildman–Crippen MR) is 157 cm³/mol. The fourth-order valence-electron chi connectivity index (χ4n) is 3.49. The third-order valence-electron chi connectivity index (χ3n) is 5.77. The lowest BCUT2D eigenvalue weighted by Crippen LogP contribution is -2.15. The number of hydrogen-bond acceptors (Lipinski definition) is 5. The Labute approximate surface area is 230 Å². The smallest absolute Gasteiger partial charge is 0.337 e. The van der Waals surface area contributed by atoms with Crippen molar-refractivity contribution >= 4 is 18.0 Å². The molecule has 0 aliphatic heterocycles. The first-order valence-electron chi connectivity index (χ1n) is 13.8. The monoisotopic (exact) mass is 522 g/mol. The molecule has 1 rings (SSSR count). The third kappa shape index (κ3) is 17.2. The van der Waals surface area contributed by atoms with E-state index in [1.807, 2.05) is 30.3 Å². The van der Waals surface area contributed by atoms with Gasteiger partial charge in [-0.1, -0.05) is 86.9 Å². The van der Waals surface area contributed by atoms with Gasteiger partial charge in [-0.15, -0.1) is 0 Å². The largest absolute Gasteiger partial charge is 0.497 e. The van der Waals surface area contributed by atoms with Crippen LogP contribution >= 0.6 is 0 Å². The van der Waals surface area contributed by atoms with Gasteiger partial charge in [-0.05, 0) is 69.2 Å². The van der Waals surface area contributed by atoms with Gasteiger partial charge in [0.05, 0.1) is 12.7 Å². The van der Waals surface area contributed by atoms with Gasteiger partial charge >= 0.3 is 11.9 Å². The topological polar surface area (TPSA) is 61.8 Å². The number of hydrogen-bond donors (Lipinski definition) is 0. The van der Waals surface area contributed by atoms with Crippen LogP contribution in [0.5, 0.6) is 5.75 Å². The number of methoxy groups -OCH3 is 1. The van der Waals surface area contributed by atoms with E-state index in [0.717, 1.165) is 56.3 Å². The predicted octanol–water partition coefficient (Wildman–Crippen LogP) is 8.33. The van der Waals surface area contributed by atoms with Gasteiger partial charge in [-0.25, -0.2) is 4.79 Å². The summed E-state index contributed by atoms with van der Waals surface area (Å²) in [6.07, 6.45) is 28.4. The first kappa shape index (κ1) is 32.7. The van der Waals surface area contributed by atoms with Gasteiger partial charge in [0.15, 0.2) is 0 Å². The molecule has 0 fully saturated rings. The van der Waals surface area contributed by atoms with Gasteiger partial charge in [0.25, 0.3) is 0 Å². The second-order valence-corrected chi connectivity index (χ2v) is 8.85. The average molecular weight is 523 g/mol. The van der Waals surface area contributed by atoms with Crippen LogP contribution in [-0.2, 0) is 19.1 Å². The highest BCUT2D eigenvalue weighted by atomic mass is 16.5. The molecule has 38 heavy (non-hydrogen) atoms. The van der Waals surface area contributed by atoms with Crippen molar-refractivity contribution in [1.29, 1.82) is 0 Å². The molecule has 0 radical (unpaired) electrons. The van der Waals surface area contributed by atoms with Gasteiger partial charge in [-0.2, -0.15) is 0 Å². The van der Waals surface area contributed by atoms with Crippen LogP contribution in [-0.4, -0.2) is 32.3 Å². The van der Waals surface area contributed by atoms with Crippen LogP contribution in [0.1, 0.15) is 83.6 Å². The van der Waals surface area contributed by atoms with Crippen LogP contribution in [0.3, 0.4) is 0 Å². The van der Waals surface area contributed by atoms with E-state index >= 15 is 0 Å². The molecule has 0 aliphatic carbocycles. The molecular weight excluding hydrogens is 476 g/mol. The average Bonchev–Trinajstić information content (AvgIpc) is 2.93. The summed E-state index contributed by atoms with van der Waals surface area (Å²) in [6.45, 7) is 3.95. The zero-order chi connectivity index (χ0) is 27.7. The van der Waals surface area contributed by atoms with Crippen molar-refractivity contribution in [3.05, 3.63) is 84.0 Å². The van der Waals surface area contributed by atoms with E-state index in [-0.39, 0.29) is 19.2 Å². The van der Waals surface area contributed by atoms with E-state index in [1.165, 1.54) is 12.8 Å². The Kier molecular flexibility index (Phi) is 19.6. The van der Waals surface area contributed by atoms with Crippen LogP contribution in [0, 0.1) is 0 Å². The molecule has 1 aromatic rings. The van der Waals surface area contributed by atoms with Crippen LogP contribution < -0.4 is 4.74 Å². The number of rotatable bonds is 20. The minimum absolute atomic E-state index is 0.0622. The van der Waals surface area contributed by atoms with E-state index in [9.17, 15) is 9.59 Å². The van der Waals surface area contributed by atoms with Gasteiger partial charge in [0.2, 0.25) is 0 Å². The molecule has 0 spiro atoms. The molecule has 0 heterocycles. The number of unbranched alkanes of at least 4 members (excludes halogenated alkanes) is 5. The lowest BCUT2D eigenvalue weighted by molar-refractivity contribution is -0.144. The Morgan fingerprint density at radius 2 is 1.45 bits per heavy atom. The van der Waals surface area contributed by atoms with Gasteiger partial charge in [0, 0.05) is 6.42 Å². The highest BCUT2D eigenvalue weighted by Crippen LogP contribution is 2.12. The molecule has 0 aliphatic rings. The van der Waals surface area contributed by atoms with Crippen molar-refractivity contribution in [2.75, 3.05) is 20.3 Å². The van der Waals surface area contributed by atoms with Crippen molar-refractivity contribution in [2.45, 2.75) is 78.1 Å². The van der Waals surface area contributed by atoms with Crippen LogP contribution in [0.25, 0.3) is 6.08 Å². The summed E-state index contributed by atoms with van der Waals surface area (Å²) in [5.41, 5.74) is 1.32. The quantitative estimate of drug-likeness (QED) is 0.0745. The Morgan fingerprint density at radius 1 is 0.789 bits per heavy atom. The number of esters is 2. The summed E-state index contributed by atoms with van der Waals surface area (Å²) in [4.78, 5) is 24.3. The molecule has 0 saturated heterocycles. The lowest BCUT2D eigenvalue weighted by Gasteiger charge is -2.08. The molecule has 0 aromatic heterocycles. The molecule has 0 atom stereocenters. The summed E-state index contributed by atoms with van der Waals surface area (Å²) >= 11 is 0. The molecule has 1 aromatic carbocycles. The normalized spacial score (nSPS) is 12.2. The molecule has 208 valence electrons. The Morgan fingerprint density at radius 3 is 2.13 bits per heavy atom. The molecule has 5 nitrogen and oxygen atoms in total. The molecule has 0 unspecified atom stereocenters. The first-order valence-corrected chi connectivity index (χ1v) is 13.8. The van der Waals surface area contributed by atoms with E-state index in [4.69, 9.17) is 14.2 Å². The maximum Gasteiger partial charge on any atom is 0.337 e. The van der Waals surface area contributed by atoms with Crippen molar-refractivity contribution < 1.29 is 23.8 Å². The summed E-state index contributed by atoms with van der Waals surface area (Å²) in [7, 11) is 1.62. The number of ether oxygens (including phenoxy) is 3. The lowest BCUT2D eigenvalue weighted by atomic mass is 10.1. The maximum atomic E-state index is 12.2. The Balaban J connectivity index is 2.08. The molecule has 0 saturated carbocycles. The first-order chi connectivity index (χ1) is 18.6. The number of carbonyl (C=O) groups excluding carboxylic acids is 2. The summed E-state index contributed by atoms with van der Waals surface area (Å²) in [5.74, 6) is 0.0291. The maximum absolute atomic E-state index is 12.2. The van der Waals surface area contributed by atoms with Crippen LogP contribution in [0.15, 0.2) is 78.4 Å². The van der Waals surface area contributed by atoms with E-state index in [1.54, 1.807) is 26.2 Å². The zero-order valence-corrected chi connectivity index (χ0v) is 23.5. The van der Waals surface area contributed by atoms with E-state index in [0.29, 0.717) is 12.0 Å². The molecule has 0 amide bonds. The Bertz CT molecular complexity index is 919. The van der Waals surface area contributed by atoms with Crippen LogP contribution in [0.2, 0.25) is 0 Å². The van der Waals surface area contributed by atoms with Gasteiger partial charge in [-0.3, -0.25) is 4.79 Å². The van der Waals surface area contributed by atoms with Crippen molar-refractivity contribution in [2.24, 2.45) is 0 Å². The summed E-state index contributed by atoms with van der Waals surface area (Å²) < 4.78 is 15.7. The fraction of sp³-hybridized carbons (Fsp3) is 0.455. The van der Waals surface area contributed by atoms with Crippen molar-refractivity contribution in [3.63, 3.8) is 0 Å². The number of benzene rings is 1. The second kappa shape index (κ2) is 22.8. The molecule has 5 heteroatoms. The van der Waals surface area contributed by atoms with Crippen molar-refractivity contribution in [1.82, 2.24) is 0 Å². The fourth-order valence-corrected chi connectivity index (χ4v) is 3.49. The SMILES string of the molecule is CC=C(COC(=O)CCCCCCCC=CCC=CCC=CCC)C(=O)OCC=Cc1ccc(OC)cc1. The summed E-state index contributed by atoms with van der Waals surface area (Å²) in [5, 5.41) is 0. The number of allylic oxidation sites excluding steroid dienone is 7. The van der Waals surface area contributed by atoms with E-state index in [2.05, 4.69) is 43.4 Å². The van der Waals surface area contributed by atoms with Crippen LogP contribution in [0.4, 0.5) is 0 Å². The standard InChI is InChI=1S/C33H46O5/c1-4-6-7-8-9-10-11-12-13-14-15-16-17-18-19-22-32(34)38-28-30(5-2)33(35)37-27-20-21-29-23-25-31(36-3)26-24-29/h5-7,9-10,12-13,20-21,23-26H,4,8,11,14-19,22,27-28H2,1-3H3. The third-order valence-corrected chi connectivity index (χ3v) is 5.77. The molecule has 0 N–H and O–H groups in total. The molecule has 0 bridgehead atoms. The van der Waals surface area contributed by atoms with E-state index < -0.39 is 5.97 Å². The minimum Gasteiger partial charge on any atom is -0.497 e. The highest BCUT2D eigenvalue weighted by molar-refractivity contribution is 5.89. The Hall–Kier alpha value is -3.34. The second-order valence-electron chi connectivity index (χ2n) is 8.85. The summed E-state index contributed by atoms with van der Waals surface area (Å²) in [6, 6.07) is 7.57. The molecular formula is C33H46O5. The zero-order valence-electron chi connectivity index (χ0n) is 23.5. The highest BCUT2D eigenvalue weighted by Gasteiger charge is 2.12. The van der Waals surface area contributed by atoms with Gasteiger partial charge in [0.1, 0.15) is 19.0 Å². The van der Waals surface area contributed by atoms with Crippen molar-refractivity contribution in [3.8, 4) is 5.75 Å².